The van der Waals surface area contributed by atoms with Crippen LogP contribution in [-0.2, 0) is 0 Å². The molecular weight excluding hydrogens is 166 g/mol. The van der Waals surface area contributed by atoms with Crippen molar-refractivity contribution in [1.29, 1.82) is 0 Å². The van der Waals surface area contributed by atoms with E-state index in [0.717, 1.165) is 31.9 Å². The number of aromatic nitrogens is 2. The summed E-state index contributed by atoms with van der Waals surface area (Å²) in [7, 11) is 0. The average Bonchev–Trinajstić information content (AvgIpc) is 2.20. The normalized spacial score (nSPS) is 19.0. The van der Waals surface area contributed by atoms with Gasteiger partial charge in [0.15, 0.2) is 0 Å². The first kappa shape index (κ1) is 8.44. The highest BCUT2D eigenvalue weighted by Gasteiger charge is 2.18. The van der Waals surface area contributed by atoms with Crippen molar-refractivity contribution in [2.45, 2.75) is 18.9 Å². The van der Waals surface area contributed by atoms with Gasteiger partial charge in [0.1, 0.15) is 0 Å². The molecule has 2 rings (SSSR count). The third-order valence-corrected chi connectivity index (χ3v) is 2.25. The van der Waals surface area contributed by atoms with Crippen molar-refractivity contribution in [3.05, 3.63) is 18.5 Å². The van der Waals surface area contributed by atoms with Crippen molar-refractivity contribution in [3.8, 4) is 0 Å². The molecule has 1 aromatic rings. The summed E-state index contributed by atoms with van der Waals surface area (Å²) < 4.78 is 0. The van der Waals surface area contributed by atoms with Crippen molar-refractivity contribution in [2.24, 2.45) is 0 Å². The van der Waals surface area contributed by atoms with E-state index in [1.165, 1.54) is 0 Å². The fourth-order valence-electron chi connectivity index (χ4n) is 1.48. The van der Waals surface area contributed by atoms with E-state index in [9.17, 15) is 5.11 Å². The highest BCUT2D eigenvalue weighted by atomic mass is 16.3. The Morgan fingerprint density at radius 1 is 1.46 bits per heavy atom. The number of hydrogen-bond donors (Lipinski definition) is 1. The molecule has 2 heterocycles. The van der Waals surface area contributed by atoms with E-state index in [4.69, 9.17) is 0 Å². The van der Waals surface area contributed by atoms with Gasteiger partial charge in [-0.25, -0.2) is 9.97 Å². The first-order valence-corrected chi connectivity index (χ1v) is 4.48. The van der Waals surface area contributed by atoms with Crippen molar-refractivity contribution in [1.82, 2.24) is 9.97 Å². The number of aliphatic hydroxyl groups is 1. The smallest absolute Gasteiger partial charge is 0.225 e. The number of piperidine rings is 1. The van der Waals surface area contributed by atoms with Crippen molar-refractivity contribution in [3.63, 3.8) is 0 Å². The molecule has 1 saturated heterocycles. The molecule has 0 atom stereocenters. The van der Waals surface area contributed by atoms with E-state index >= 15 is 0 Å². The zero-order valence-corrected chi connectivity index (χ0v) is 7.35. The Balaban J connectivity index is 2.03. The SMILES string of the molecule is OC1CCN(c2n[c]ccn2)CC1. The molecule has 1 aliphatic heterocycles. The second-order valence-electron chi connectivity index (χ2n) is 3.20. The van der Waals surface area contributed by atoms with Gasteiger partial charge in [-0.15, -0.1) is 0 Å². The fraction of sp³-hybridized carbons (Fsp3) is 0.556. The van der Waals surface area contributed by atoms with E-state index in [-0.39, 0.29) is 6.10 Å². The minimum Gasteiger partial charge on any atom is -0.393 e. The Bertz CT molecular complexity index is 257. The Morgan fingerprint density at radius 3 is 2.85 bits per heavy atom. The third-order valence-electron chi connectivity index (χ3n) is 2.25. The molecule has 13 heavy (non-hydrogen) atoms. The molecular formula is C9H12N3O. The number of anilines is 1. The standard InChI is InChI=1S/C9H12N3O/c13-8-2-6-12(7-3-8)9-10-4-1-5-11-9/h1,4,8,13H,2-3,6-7H2. The minimum atomic E-state index is -0.149. The molecule has 0 aliphatic carbocycles. The Labute approximate surface area is 77.2 Å². The minimum absolute atomic E-state index is 0.149. The lowest BCUT2D eigenvalue weighted by atomic mass is 10.1. The zero-order chi connectivity index (χ0) is 9.10. The molecule has 0 amide bonds. The van der Waals surface area contributed by atoms with Gasteiger partial charge in [-0.2, -0.15) is 0 Å². The molecule has 0 spiro atoms. The van der Waals surface area contributed by atoms with Gasteiger partial charge < -0.3 is 10.0 Å². The van der Waals surface area contributed by atoms with E-state index < -0.39 is 0 Å². The van der Waals surface area contributed by atoms with Crippen LogP contribution in [-0.4, -0.2) is 34.3 Å². The number of hydrogen-bond acceptors (Lipinski definition) is 4. The summed E-state index contributed by atoms with van der Waals surface area (Å²) in [6, 6.07) is 1.68. The molecule has 1 N–H and O–H groups in total. The van der Waals surface area contributed by atoms with E-state index in [2.05, 4.69) is 21.1 Å². The maximum Gasteiger partial charge on any atom is 0.225 e. The molecule has 1 radical (unpaired) electrons. The summed E-state index contributed by atoms with van der Waals surface area (Å²) in [5.74, 6) is 0.717. The lowest BCUT2D eigenvalue weighted by Gasteiger charge is -2.29. The van der Waals surface area contributed by atoms with E-state index in [1.807, 2.05) is 0 Å². The van der Waals surface area contributed by atoms with Gasteiger partial charge >= 0.3 is 0 Å². The number of nitrogens with zero attached hydrogens (tertiary/aromatic N) is 3. The van der Waals surface area contributed by atoms with Crippen LogP contribution in [0.25, 0.3) is 0 Å². The predicted octanol–water partition coefficient (Wildman–Crippen LogP) is 0.238. The van der Waals surface area contributed by atoms with Crippen LogP contribution in [0.1, 0.15) is 12.8 Å². The molecule has 4 nitrogen and oxygen atoms in total. The van der Waals surface area contributed by atoms with Gasteiger partial charge in [0, 0.05) is 19.3 Å². The largest absolute Gasteiger partial charge is 0.393 e. The van der Waals surface area contributed by atoms with Gasteiger partial charge in [-0.1, -0.05) is 0 Å². The average molecular weight is 178 g/mol. The quantitative estimate of drug-likeness (QED) is 0.669. The van der Waals surface area contributed by atoms with E-state index in [0.29, 0.717) is 0 Å². The van der Waals surface area contributed by atoms with Gasteiger partial charge in [0.05, 0.1) is 12.3 Å². The number of aliphatic hydroxyl groups excluding tert-OH is 1. The van der Waals surface area contributed by atoms with Crippen LogP contribution in [0.3, 0.4) is 0 Å². The monoisotopic (exact) mass is 178 g/mol. The topological polar surface area (TPSA) is 49.2 Å². The molecule has 4 heteroatoms. The van der Waals surface area contributed by atoms with Crippen LogP contribution in [0.4, 0.5) is 5.95 Å². The first-order chi connectivity index (χ1) is 6.36. The second-order valence-corrected chi connectivity index (χ2v) is 3.20. The maximum atomic E-state index is 9.30. The van der Waals surface area contributed by atoms with Crippen molar-refractivity contribution < 1.29 is 5.11 Å². The van der Waals surface area contributed by atoms with Crippen LogP contribution in [0.2, 0.25) is 0 Å². The summed E-state index contributed by atoms with van der Waals surface area (Å²) in [6.45, 7) is 1.66. The number of rotatable bonds is 1. The van der Waals surface area contributed by atoms with Crippen LogP contribution in [0.15, 0.2) is 12.3 Å². The summed E-state index contributed by atoms with van der Waals surface area (Å²) in [5, 5.41) is 9.30. The summed E-state index contributed by atoms with van der Waals surface area (Å²) in [4.78, 5) is 10.2. The van der Waals surface area contributed by atoms with Crippen LogP contribution in [0.5, 0.6) is 0 Å². The van der Waals surface area contributed by atoms with Gasteiger partial charge in [0.2, 0.25) is 5.95 Å². The molecule has 0 unspecified atom stereocenters. The highest BCUT2D eigenvalue weighted by molar-refractivity contribution is 5.28. The summed E-state index contributed by atoms with van der Waals surface area (Å²) in [6.07, 6.45) is 5.90. The Kier molecular flexibility index (Phi) is 2.40. The summed E-state index contributed by atoms with van der Waals surface area (Å²) >= 11 is 0. The molecule has 1 aromatic heterocycles. The molecule has 0 aromatic carbocycles. The first-order valence-electron chi connectivity index (χ1n) is 4.48. The second kappa shape index (κ2) is 3.70. The molecule has 69 valence electrons. The summed E-state index contributed by atoms with van der Waals surface area (Å²) in [5.41, 5.74) is 0. The third kappa shape index (κ3) is 1.95. The maximum absolute atomic E-state index is 9.30. The zero-order valence-electron chi connectivity index (χ0n) is 7.35. The van der Waals surface area contributed by atoms with Gasteiger partial charge in [0.25, 0.3) is 0 Å². The molecule has 1 fully saturated rings. The van der Waals surface area contributed by atoms with Crippen LogP contribution >= 0.6 is 0 Å². The van der Waals surface area contributed by atoms with E-state index in [1.54, 1.807) is 12.3 Å². The molecule has 0 bridgehead atoms. The Hall–Kier alpha value is -1.16. The van der Waals surface area contributed by atoms with Crippen LogP contribution in [0, 0.1) is 6.20 Å². The predicted molar refractivity (Wildman–Crippen MR) is 48.3 cm³/mol. The highest BCUT2D eigenvalue weighted by Crippen LogP contribution is 2.14. The lowest BCUT2D eigenvalue weighted by molar-refractivity contribution is 0.145. The van der Waals surface area contributed by atoms with Crippen molar-refractivity contribution >= 4 is 5.95 Å². The van der Waals surface area contributed by atoms with Gasteiger partial charge in [-0.05, 0) is 18.9 Å². The molecule has 0 saturated carbocycles. The van der Waals surface area contributed by atoms with Gasteiger partial charge in [-0.3, -0.25) is 0 Å². The Morgan fingerprint density at radius 2 is 2.23 bits per heavy atom. The van der Waals surface area contributed by atoms with Crippen molar-refractivity contribution in [2.75, 3.05) is 18.0 Å². The van der Waals surface area contributed by atoms with Crippen LogP contribution < -0.4 is 4.90 Å². The lowest BCUT2D eigenvalue weighted by Crippen LogP contribution is -2.36. The fourth-order valence-corrected chi connectivity index (χ4v) is 1.48. The molecule has 1 aliphatic rings.